The number of nitrogens with zero attached hydrogens (tertiary/aromatic N) is 2. The molecular weight excluding hydrogens is 292 g/mol. The number of ketones is 1. The van der Waals surface area contributed by atoms with Crippen LogP contribution >= 0.6 is 11.6 Å². The maximum absolute atomic E-state index is 11.8. The molecule has 0 fully saturated rings. The second-order valence-corrected chi connectivity index (χ2v) is 5.43. The standard InChI is InChI=1S/C15H11ClN2O3/c16-10-4-8(5-13-14(10)21-7-20-13)15-17-6-9-11(18-15)2-1-3-12(9)19/h4-6H,1-3,7H2. The van der Waals surface area contributed by atoms with Crippen molar-refractivity contribution < 1.29 is 14.3 Å². The molecule has 0 amide bonds. The van der Waals surface area contributed by atoms with E-state index in [4.69, 9.17) is 21.1 Å². The first-order valence-corrected chi connectivity index (χ1v) is 7.09. The van der Waals surface area contributed by atoms with Gasteiger partial charge in [-0.3, -0.25) is 4.79 Å². The summed E-state index contributed by atoms with van der Waals surface area (Å²) in [7, 11) is 0. The second kappa shape index (κ2) is 4.70. The van der Waals surface area contributed by atoms with Crippen LogP contribution in [0.4, 0.5) is 0 Å². The molecule has 1 aliphatic carbocycles. The highest BCUT2D eigenvalue weighted by atomic mass is 35.5. The second-order valence-electron chi connectivity index (χ2n) is 5.02. The number of carbonyl (C=O) groups is 1. The van der Waals surface area contributed by atoms with Crippen molar-refractivity contribution in [3.63, 3.8) is 0 Å². The van der Waals surface area contributed by atoms with Crippen LogP contribution < -0.4 is 9.47 Å². The summed E-state index contributed by atoms with van der Waals surface area (Å²) in [5, 5.41) is 0.470. The molecule has 0 radical (unpaired) electrons. The summed E-state index contributed by atoms with van der Waals surface area (Å²) in [5.41, 5.74) is 2.20. The molecule has 106 valence electrons. The Hall–Kier alpha value is -2.14. The fourth-order valence-electron chi connectivity index (χ4n) is 2.63. The first kappa shape index (κ1) is 12.6. The van der Waals surface area contributed by atoms with Gasteiger partial charge in [-0.05, 0) is 25.0 Å². The highest BCUT2D eigenvalue weighted by molar-refractivity contribution is 6.32. The van der Waals surface area contributed by atoms with Gasteiger partial charge < -0.3 is 9.47 Å². The minimum absolute atomic E-state index is 0.117. The van der Waals surface area contributed by atoms with Gasteiger partial charge >= 0.3 is 0 Å². The van der Waals surface area contributed by atoms with Crippen molar-refractivity contribution in [2.24, 2.45) is 0 Å². The van der Waals surface area contributed by atoms with E-state index in [-0.39, 0.29) is 12.6 Å². The lowest BCUT2D eigenvalue weighted by Gasteiger charge is -2.14. The number of hydrogen-bond acceptors (Lipinski definition) is 5. The van der Waals surface area contributed by atoms with Crippen LogP contribution in [0.25, 0.3) is 11.4 Å². The highest BCUT2D eigenvalue weighted by Crippen LogP contribution is 2.41. The van der Waals surface area contributed by atoms with Crippen LogP contribution in [-0.4, -0.2) is 22.5 Å². The lowest BCUT2D eigenvalue weighted by atomic mass is 9.96. The SMILES string of the molecule is O=C1CCCc2nc(-c3cc(Cl)c4c(c3)OCO4)ncc21. The predicted molar refractivity (Wildman–Crippen MR) is 75.9 cm³/mol. The summed E-state index contributed by atoms with van der Waals surface area (Å²) in [6.45, 7) is 0.165. The van der Waals surface area contributed by atoms with Crippen molar-refractivity contribution in [1.29, 1.82) is 0 Å². The van der Waals surface area contributed by atoms with E-state index in [1.54, 1.807) is 18.3 Å². The van der Waals surface area contributed by atoms with Crippen LogP contribution in [-0.2, 0) is 6.42 Å². The topological polar surface area (TPSA) is 61.3 Å². The van der Waals surface area contributed by atoms with E-state index in [2.05, 4.69) is 9.97 Å². The van der Waals surface area contributed by atoms with E-state index in [9.17, 15) is 4.79 Å². The average molecular weight is 303 g/mol. The molecule has 0 spiro atoms. The Morgan fingerprint density at radius 3 is 3.00 bits per heavy atom. The Balaban J connectivity index is 1.81. The summed E-state index contributed by atoms with van der Waals surface area (Å²) in [5.74, 6) is 1.80. The van der Waals surface area contributed by atoms with Crippen molar-refractivity contribution in [2.75, 3.05) is 6.79 Å². The lowest BCUT2D eigenvalue weighted by molar-refractivity contribution is 0.0971. The Bertz CT molecular complexity index is 761. The number of ether oxygens (including phenoxy) is 2. The van der Waals surface area contributed by atoms with Crippen LogP contribution in [0, 0.1) is 0 Å². The molecule has 5 nitrogen and oxygen atoms in total. The summed E-state index contributed by atoms with van der Waals surface area (Å²) in [6.07, 6.45) is 3.82. The fraction of sp³-hybridized carbons (Fsp3) is 0.267. The smallest absolute Gasteiger partial charge is 0.231 e. The van der Waals surface area contributed by atoms with Crippen LogP contribution in [0.1, 0.15) is 28.9 Å². The van der Waals surface area contributed by atoms with Crippen molar-refractivity contribution in [3.8, 4) is 22.9 Å². The van der Waals surface area contributed by atoms with Gasteiger partial charge in [-0.15, -0.1) is 0 Å². The van der Waals surface area contributed by atoms with Crippen molar-refractivity contribution in [2.45, 2.75) is 19.3 Å². The fourth-order valence-corrected chi connectivity index (χ4v) is 2.89. The third kappa shape index (κ3) is 2.05. The molecule has 1 aliphatic heterocycles. The number of rotatable bonds is 1. The summed E-state index contributed by atoms with van der Waals surface area (Å²) >= 11 is 6.18. The lowest BCUT2D eigenvalue weighted by Crippen LogP contribution is -2.13. The molecule has 0 saturated carbocycles. The van der Waals surface area contributed by atoms with Gasteiger partial charge in [0.2, 0.25) is 6.79 Å². The van der Waals surface area contributed by atoms with E-state index >= 15 is 0 Å². The largest absolute Gasteiger partial charge is 0.454 e. The van der Waals surface area contributed by atoms with Crippen LogP contribution in [0.5, 0.6) is 11.5 Å². The normalized spacial score (nSPS) is 16.0. The van der Waals surface area contributed by atoms with E-state index in [0.717, 1.165) is 24.1 Å². The molecule has 2 aromatic rings. The zero-order valence-corrected chi connectivity index (χ0v) is 11.8. The zero-order valence-electron chi connectivity index (χ0n) is 11.1. The van der Waals surface area contributed by atoms with Crippen molar-refractivity contribution in [3.05, 3.63) is 34.6 Å². The van der Waals surface area contributed by atoms with Gasteiger partial charge in [0, 0.05) is 18.2 Å². The minimum atomic E-state index is 0.117. The molecule has 2 aliphatic rings. The summed E-state index contributed by atoms with van der Waals surface area (Å²) < 4.78 is 10.6. The molecule has 21 heavy (non-hydrogen) atoms. The zero-order chi connectivity index (χ0) is 14.4. The molecule has 2 heterocycles. The van der Waals surface area contributed by atoms with E-state index in [1.807, 2.05) is 0 Å². The Labute approximate surface area is 125 Å². The van der Waals surface area contributed by atoms with Crippen molar-refractivity contribution in [1.82, 2.24) is 9.97 Å². The monoisotopic (exact) mass is 302 g/mol. The van der Waals surface area contributed by atoms with Gasteiger partial charge in [-0.25, -0.2) is 9.97 Å². The molecular formula is C15H11ClN2O3. The first-order valence-electron chi connectivity index (χ1n) is 6.71. The number of carbonyl (C=O) groups excluding carboxylic acids is 1. The minimum Gasteiger partial charge on any atom is -0.454 e. The number of hydrogen-bond donors (Lipinski definition) is 0. The molecule has 4 rings (SSSR count). The van der Waals surface area contributed by atoms with E-state index < -0.39 is 0 Å². The van der Waals surface area contributed by atoms with Crippen LogP contribution in [0.3, 0.4) is 0 Å². The molecule has 0 unspecified atom stereocenters. The maximum atomic E-state index is 11.8. The third-order valence-corrected chi connectivity index (χ3v) is 3.95. The van der Waals surface area contributed by atoms with Gasteiger partial charge in [0.25, 0.3) is 0 Å². The van der Waals surface area contributed by atoms with Gasteiger partial charge in [0.15, 0.2) is 23.1 Å². The number of halogens is 1. The molecule has 0 saturated heterocycles. The van der Waals surface area contributed by atoms with Gasteiger partial charge in [0.1, 0.15) is 0 Å². The van der Waals surface area contributed by atoms with Crippen LogP contribution in [0.2, 0.25) is 5.02 Å². The first-order chi connectivity index (χ1) is 10.2. The number of aromatic nitrogens is 2. The van der Waals surface area contributed by atoms with E-state index in [0.29, 0.717) is 34.3 Å². The quantitative estimate of drug-likeness (QED) is 0.810. The van der Waals surface area contributed by atoms with Crippen LogP contribution in [0.15, 0.2) is 18.3 Å². The molecule has 0 N–H and O–H groups in total. The average Bonchev–Trinajstić information content (AvgIpc) is 2.96. The molecule has 1 aromatic carbocycles. The number of Topliss-reactive ketones (excluding diaryl/α,β-unsaturated/α-hetero) is 1. The third-order valence-electron chi connectivity index (χ3n) is 3.67. The van der Waals surface area contributed by atoms with Gasteiger partial charge in [-0.2, -0.15) is 0 Å². The maximum Gasteiger partial charge on any atom is 0.231 e. The molecule has 0 atom stereocenters. The number of fused-ring (bicyclic) bond motifs is 2. The molecule has 6 heteroatoms. The van der Waals surface area contributed by atoms with E-state index in [1.165, 1.54) is 0 Å². The Kier molecular flexibility index (Phi) is 2.82. The molecule has 1 aromatic heterocycles. The summed E-state index contributed by atoms with van der Waals surface area (Å²) in [6, 6.07) is 3.56. The molecule has 0 bridgehead atoms. The predicted octanol–water partition coefficient (Wildman–Crippen LogP) is 3.04. The summed E-state index contributed by atoms with van der Waals surface area (Å²) in [4.78, 5) is 20.6. The number of aryl methyl sites for hydroxylation is 1. The number of benzene rings is 1. The highest BCUT2D eigenvalue weighted by Gasteiger charge is 2.22. The Morgan fingerprint density at radius 1 is 1.19 bits per heavy atom. The Morgan fingerprint density at radius 2 is 2.10 bits per heavy atom. The van der Waals surface area contributed by atoms with Gasteiger partial charge in [0.05, 0.1) is 16.3 Å². The van der Waals surface area contributed by atoms with Crippen molar-refractivity contribution >= 4 is 17.4 Å². The van der Waals surface area contributed by atoms with Gasteiger partial charge in [-0.1, -0.05) is 11.6 Å².